The van der Waals surface area contributed by atoms with E-state index in [1.807, 2.05) is 0 Å². The Morgan fingerprint density at radius 2 is 0.797 bits per heavy atom. The molecule has 0 unspecified atom stereocenters. The smallest absolute Gasteiger partial charge is 0.0361 e. The molecular formula is C53H54N4P2. The van der Waals surface area contributed by atoms with Gasteiger partial charge in [0.25, 0.3) is 0 Å². The maximum absolute atomic E-state index is 2.46. The van der Waals surface area contributed by atoms with Crippen LogP contribution in [-0.4, -0.2) is 56.4 Å². The third kappa shape index (κ3) is 8.18. The topological polar surface area (TPSA) is 13.0 Å². The van der Waals surface area contributed by atoms with Crippen molar-refractivity contribution >= 4 is 87.3 Å². The molecule has 0 amide bonds. The lowest BCUT2D eigenvalue weighted by Crippen LogP contribution is -2.27. The van der Waals surface area contributed by atoms with Crippen LogP contribution in [-0.2, 0) is 6.42 Å². The molecule has 1 aliphatic carbocycles. The standard InChI is InChI=1S/C53H54N4P2/c1-54(2)40-20-28-44(29-21-40)58(45-30-22-41(23-31-45)55(3)4)50-36-18-38-14-10-9-11-16-48(38)52(50)53-49-17-13-12-15-39(49)19-37-51(53)59(46-32-24-42(25-33-46)56(5)6)47-34-26-43(27-35-47)57(7)8/h9-15,17-37H,16H2,1-8H3. The molecule has 6 heteroatoms. The maximum atomic E-state index is 2.46. The molecule has 296 valence electrons. The summed E-state index contributed by atoms with van der Waals surface area (Å²) in [5, 5.41) is 10.7. The van der Waals surface area contributed by atoms with Gasteiger partial charge in [0.1, 0.15) is 0 Å². The summed E-state index contributed by atoms with van der Waals surface area (Å²) in [6.45, 7) is 0. The van der Waals surface area contributed by atoms with Crippen LogP contribution in [0, 0.1) is 0 Å². The highest BCUT2D eigenvalue weighted by atomic mass is 31.1. The van der Waals surface area contributed by atoms with E-state index in [1.165, 1.54) is 87.6 Å². The number of rotatable bonds is 11. The minimum atomic E-state index is -0.987. The van der Waals surface area contributed by atoms with Crippen LogP contribution in [0.4, 0.5) is 22.7 Å². The predicted octanol–water partition coefficient (Wildman–Crippen LogP) is 9.41. The van der Waals surface area contributed by atoms with Gasteiger partial charge in [-0.15, -0.1) is 0 Å². The number of hydrogen-bond donors (Lipinski definition) is 0. The third-order valence-electron chi connectivity index (χ3n) is 11.3. The summed E-state index contributed by atoms with van der Waals surface area (Å²) in [6, 6.07) is 55.9. The Kier molecular flexibility index (Phi) is 11.8. The van der Waals surface area contributed by atoms with Gasteiger partial charge >= 0.3 is 0 Å². The summed E-state index contributed by atoms with van der Waals surface area (Å²) >= 11 is 0. The van der Waals surface area contributed by atoms with E-state index in [2.05, 4.69) is 246 Å². The van der Waals surface area contributed by atoms with E-state index in [0.717, 1.165) is 6.42 Å². The van der Waals surface area contributed by atoms with Crippen LogP contribution < -0.4 is 51.4 Å². The maximum Gasteiger partial charge on any atom is 0.0361 e. The number of anilines is 4. The molecule has 0 aliphatic heterocycles. The molecule has 0 spiro atoms. The van der Waals surface area contributed by atoms with Crippen molar-refractivity contribution in [3.8, 4) is 11.1 Å². The summed E-state index contributed by atoms with van der Waals surface area (Å²) in [4.78, 5) is 8.74. The molecule has 7 aromatic rings. The Labute approximate surface area is 354 Å². The third-order valence-corrected chi connectivity index (χ3v) is 16.3. The van der Waals surface area contributed by atoms with Crippen molar-refractivity contribution in [2.75, 3.05) is 76.0 Å². The van der Waals surface area contributed by atoms with E-state index in [1.54, 1.807) is 0 Å². The van der Waals surface area contributed by atoms with Crippen LogP contribution in [0.5, 0.6) is 0 Å². The Balaban J connectivity index is 1.48. The van der Waals surface area contributed by atoms with Gasteiger partial charge in [0.05, 0.1) is 0 Å². The zero-order chi connectivity index (χ0) is 41.2. The molecule has 0 radical (unpaired) electrons. The van der Waals surface area contributed by atoms with Gasteiger partial charge in [-0.05, 0) is 136 Å². The number of benzene rings is 7. The Bertz CT molecular complexity index is 2520. The van der Waals surface area contributed by atoms with Gasteiger partial charge in [-0.1, -0.05) is 121 Å². The molecule has 0 heterocycles. The number of fused-ring (bicyclic) bond motifs is 2. The highest BCUT2D eigenvalue weighted by Gasteiger charge is 2.29. The van der Waals surface area contributed by atoms with Crippen LogP contribution >= 0.6 is 15.8 Å². The average molecular weight is 809 g/mol. The van der Waals surface area contributed by atoms with Gasteiger partial charge in [-0.2, -0.15) is 0 Å². The summed E-state index contributed by atoms with van der Waals surface area (Å²) in [6.07, 6.45) is 9.90. The molecule has 8 rings (SSSR count). The summed E-state index contributed by atoms with van der Waals surface area (Å²) < 4.78 is 0. The molecule has 7 aromatic carbocycles. The van der Waals surface area contributed by atoms with Crippen molar-refractivity contribution in [2.24, 2.45) is 0 Å². The van der Waals surface area contributed by atoms with Gasteiger partial charge in [0.2, 0.25) is 0 Å². The fraction of sp³-hybridized carbons (Fsp3) is 0.170. The second-order valence-corrected chi connectivity index (χ2v) is 20.4. The lowest BCUT2D eigenvalue weighted by atomic mass is 9.90. The van der Waals surface area contributed by atoms with Crippen molar-refractivity contribution in [1.82, 2.24) is 0 Å². The van der Waals surface area contributed by atoms with Crippen molar-refractivity contribution in [1.29, 1.82) is 0 Å². The van der Waals surface area contributed by atoms with Crippen LogP contribution in [0.3, 0.4) is 0 Å². The first-order chi connectivity index (χ1) is 28.6. The van der Waals surface area contributed by atoms with Crippen molar-refractivity contribution < 1.29 is 0 Å². The van der Waals surface area contributed by atoms with Gasteiger partial charge < -0.3 is 19.6 Å². The number of hydrogen-bond acceptors (Lipinski definition) is 4. The average Bonchev–Trinajstić information content (AvgIpc) is 3.50. The summed E-state index contributed by atoms with van der Waals surface area (Å²) in [5.74, 6) is 0. The molecule has 0 saturated heterocycles. The fourth-order valence-electron chi connectivity index (χ4n) is 8.08. The van der Waals surface area contributed by atoms with E-state index in [-0.39, 0.29) is 0 Å². The fourth-order valence-corrected chi connectivity index (χ4v) is 13.0. The molecule has 59 heavy (non-hydrogen) atoms. The molecule has 4 nitrogen and oxygen atoms in total. The SMILES string of the molecule is CN(C)c1ccc(P(c2ccc(N(C)C)cc2)c2ccc3c(c2-c2c(P(c4ccc(N(C)C)cc4)c4ccc(N(C)C)cc4)ccc4ccccc24)CC=CC=C3)cc1. The van der Waals surface area contributed by atoms with E-state index >= 15 is 0 Å². The first kappa shape index (κ1) is 40.1. The second kappa shape index (κ2) is 17.3. The number of allylic oxidation sites excluding steroid dienone is 3. The van der Waals surface area contributed by atoms with Crippen LogP contribution in [0.25, 0.3) is 28.0 Å². The molecule has 0 fully saturated rings. The largest absolute Gasteiger partial charge is 0.378 e. The summed E-state index contributed by atoms with van der Waals surface area (Å²) in [5.41, 5.74) is 10.2. The normalized spacial score (nSPS) is 12.2. The highest BCUT2D eigenvalue weighted by Crippen LogP contribution is 2.46. The molecule has 0 saturated carbocycles. The lowest BCUT2D eigenvalue weighted by molar-refractivity contribution is 1.13. The van der Waals surface area contributed by atoms with Crippen LogP contribution in [0.1, 0.15) is 11.1 Å². The zero-order valence-corrected chi connectivity index (χ0v) is 37.3. The molecule has 1 aliphatic rings. The van der Waals surface area contributed by atoms with Gasteiger partial charge in [-0.25, -0.2) is 0 Å². The minimum absolute atomic E-state index is 0.851. The van der Waals surface area contributed by atoms with E-state index in [9.17, 15) is 0 Å². The van der Waals surface area contributed by atoms with Crippen molar-refractivity contribution in [3.05, 3.63) is 175 Å². The van der Waals surface area contributed by atoms with E-state index < -0.39 is 15.8 Å². The first-order valence-electron chi connectivity index (χ1n) is 20.3. The second-order valence-electron chi connectivity index (χ2n) is 16.0. The molecular weight excluding hydrogens is 755 g/mol. The van der Waals surface area contributed by atoms with Gasteiger partial charge in [0, 0.05) is 79.1 Å². The Morgan fingerprint density at radius 3 is 1.24 bits per heavy atom. The Hall–Kier alpha value is -5.66. The van der Waals surface area contributed by atoms with Crippen LogP contribution in [0.15, 0.2) is 164 Å². The highest BCUT2D eigenvalue weighted by molar-refractivity contribution is 7.80. The van der Waals surface area contributed by atoms with Gasteiger partial charge in [-0.3, -0.25) is 0 Å². The lowest BCUT2D eigenvalue weighted by Gasteiger charge is -2.30. The molecule has 0 N–H and O–H groups in total. The monoisotopic (exact) mass is 808 g/mol. The van der Waals surface area contributed by atoms with E-state index in [0.29, 0.717) is 0 Å². The summed E-state index contributed by atoms with van der Waals surface area (Å²) in [7, 11) is 15.0. The molecule has 0 atom stereocenters. The minimum Gasteiger partial charge on any atom is -0.378 e. The first-order valence-corrected chi connectivity index (χ1v) is 23.0. The quantitative estimate of drug-likeness (QED) is 0.121. The van der Waals surface area contributed by atoms with E-state index in [4.69, 9.17) is 0 Å². The van der Waals surface area contributed by atoms with Crippen molar-refractivity contribution in [3.63, 3.8) is 0 Å². The Morgan fingerprint density at radius 1 is 0.390 bits per heavy atom. The molecule has 0 aromatic heterocycles. The van der Waals surface area contributed by atoms with Crippen molar-refractivity contribution in [2.45, 2.75) is 6.42 Å². The molecule has 0 bridgehead atoms. The zero-order valence-electron chi connectivity index (χ0n) is 35.6. The van der Waals surface area contributed by atoms with Gasteiger partial charge in [0.15, 0.2) is 0 Å². The predicted molar refractivity (Wildman–Crippen MR) is 266 cm³/mol. The number of nitrogens with zero attached hydrogens (tertiary/aromatic N) is 4. The van der Waals surface area contributed by atoms with Crippen LogP contribution in [0.2, 0.25) is 0 Å².